The van der Waals surface area contributed by atoms with Crippen molar-refractivity contribution in [1.29, 1.82) is 0 Å². The molecule has 0 saturated heterocycles. The fraction of sp³-hybridized carbons (Fsp3) is 0.263. The average Bonchev–Trinajstić information content (AvgIpc) is 2.65. The van der Waals surface area contributed by atoms with Gasteiger partial charge in [-0.25, -0.2) is 9.98 Å². The number of ether oxygens (including phenoxy) is 3. The Bertz CT molecular complexity index is 757. The molecule has 0 bridgehead atoms. The molecule has 0 aliphatic carbocycles. The molecule has 7 nitrogen and oxygen atoms in total. The molecule has 0 unspecified atom stereocenters. The topological polar surface area (TPSA) is 91.0 Å². The van der Waals surface area contributed by atoms with E-state index in [-0.39, 0.29) is 24.0 Å². The number of guanidine groups is 1. The van der Waals surface area contributed by atoms with Crippen LogP contribution in [-0.2, 0) is 6.54 Å². The van der Waals surface area contributed by atoms with Crippen LogP contribution in [-0.4, -0.2) is 31.7 Å². The second-order valence-electron chi connectivity index (χ2n) is 5.61. The predicted molar refractivity (Wildman–Crippen MR) is 117 cm³/mol. The lowest BCUT2D eigenvalue weighted by atomic mass is 10.3. The number of halogens is 1. The number of methoxy groups -OCH3 is 2. The largest absolute Gasteiger partial charge is 0.493 e. The fourth-order valence-electron chi connectivity index (χ4n) is 2.06. The zero-order valence-electron chi connectivity index (χ0n) is 15.7. The summed E-state index contributed by atoms with van der Waals surface area (Å²) in [6, 6.07) is 9.04. The van der Waals surface area contributed by atoms with Gasteiger partial charge in [0, 0.05) is 18.8 Å². The van der Waals surface area contributed by atoms with Crippen molar-refractivity contribution in [3.63, 3.8) is 0 Å². The van der Waals surface area contributed by atoms with Gasteiger partial charge in [-0.05, 0) is 24.6 Å². The second-order valence-corrected chi connectivity index (χ2v) is 5.61. The summed E-state index contributed by atoms with van der Waals surface area (Å²) in [6.45, 7) is 6.73. The summed E-state index contributed by atoms with van der Waals surface area (Å²) in [6.07, 6.45) is 1.69. The van der Waals surface area contributed by atoms with Gasteiger partial charge in [-0.15, -0.1) is 24.0 Å². The summed E-state index contributed by atoms with van der Waals surface area (Å²) in [4.78, 5) is 8.56. The summed E-state index contributed by atoms with van der Waals surface area (Å²) < 4.78 is 16.4. The number of pyridine rings is 1. The smallest absolute Gasteiger partial charge is 0.219 e. The highest BCUT2D eigenvalue weighted by Gasteiger charge is 2.12. The Morgan fingerprint density at radius 3 is 2.37 bits per heavy atom. The van der Waals surface area contributed by atoms with Crippen LogP contribution in [0.15, 0.2) is 53.7 Å². The van der Waals surface area contributed by atoms with Crippen LogP contribution in [0, 0.1) is 0 Å². The molecule has 0 atom stereocenters. The lowest BCUT2D eigenvalue weighted by Gasteiger charge is -2.13. The first-order chi connectivity index (χ1) is 12.5. The Kier molecular flexibility index (Phi) is 9.41. The predicted octanol–water partition coefficient (Wildman–Crippen LogP) is 3.49. The number of nitrogens with one attached hydrogen (secondary N) is 1. The van der Waals surface area contributed by atoms with E-state index in [1.807, 2.05) is 19.1 Å². The molecule has 146 valence electrons. The van der Waals surface area contributed by atoms with Crippen LogP contribution in [0.2, 0.25) is 0 Å². The Hall–Kier alpha value is -2.49. The highest BCUT2D eigenvalue weighted by molar-refractivity contribution is 14.0. The van der Waals surface area contributed by atoms with Gasteiger partial charge in [0.2, 0.25) is 11.6 Å². The molecule has 8 heteroatoms. The maximum absolute atomic E-state index is 5.82. The molecule has 0 radical (unpaired) electrons. The normalized spacial score (nSPS) is 10.6. The third kappa shape index (κ3) is 6.97. The minimum atomic E-state index is 0. The van der Waals surface area contributed by atoms with Crippen LogP contribution >= 0.6 is 24.0 Å². The molecule has 0 aliphatic heterocycles. The van der Waals surface area contributed by atoms with Gasteiger partial charge in [-0.3, -0.25) is 0 Å². The Morgan fingerprint density at radius 1 is 1.19 bits per heavy atom. The van der Waals surface area contributed by atoms with Gasteiger partial charge >= 0.3 is 0 Å². The number of benzene rings is 1. The quantitative estimate of drug-likeness (QED) is 0.258. The van der Waals surface area contributed by atoms with Crippen LogP contribution in [0.1, 0.15) is 12.5 Å². The van der Waals surface area contributed by atoms with Gasteiger partial charge in [0.15, 0.2) is 17.5 Å². The lowest BCUT2D eigenvalue weighted by molar-refractivity contribution is 0.342. The van der Waals surface area contributed by atoms with Crippen molar-refractivity contribution < 1.29 is 14.2 Å². The second kappa shape index (κ2) is 11.3. The maximum Gasteiger partial charge on any atom is 0.219 e. The maximum atomic E-state index is 5.82. The summed E-state index contributed by atoms with van der Waals surface area (Å²) >= 11 is 0. The highest BCUT2D eigenvalue weighted by atomic mass is 127. The minimum absolute atomic E-state index is 0. The molecule has 1 aromatic heterocycles. The molecule has 1 heterocycles. The molecular weight excluding hydrogens is 459 g/mol. The minimum Gasteiger partial charge on any atom is -0.493 e. The van der Waals surface area contributed by atoms with Crippen LogP contribution in [0.4, 0.5) is 0 Å². The van der Waals surface area contributed by atoms with Crippen molar-refractivity contribution in [2.24, 2.45) is 10.7 Å². The van der Waals surface area contributed by atoms with E-state index >= 15 is 0 Å². The van der Waals surface area contributed by atoms with Crippen LogP contribution in [0.5, 0.6) is 23.1 Å². The lowest BCUT2D eigenvalue weighted by Crippen LogP contribution is -2.32. The molecule has 1 aromatic carbocycles. The molecule has 0 aliphatic rings. The third-order valence-electron chi connectivity index (χ3n) is 3.39. The van der Waals surface area contributed by atoms with Crippen molar-refractivity contribution in [1.82, 2.24) is 10.3 Å². The number of nitrogens with zero attached hydrogens (tertiary/aromatic N) is 2. The zero-order valence-corrected chi connectivity index (χ0v) is 18.0. The molecular formula is C19H25IN4O3. The Balaban J connectivity index is 0.00000364. The first-order valence-electron chi connectivity index (χ1n) is 8.05. The Labute approximate surface area is 176 Å². The zero-order chi connectivity index (χ0) is 18.9. The summed E-state index contributed by atoms with van der Waals surface area (Å²) in [5.74, 6) is 2.40. The summed E-state index contributed by atoms with van der Waals surface area (Å²) in [5, 5.41) is 2.98. The molecule has 2 rings (SSSR count). The van der Waals surface area contributed by atoms with Crippen LogP contribution < -0.4 is 25.3 Å². The van der Waals surface area contributed by atoms with E-state index in [1.165, 1.54) is 0 Å². The molecule has 2 aromatic rings. The van der Waals surface area contributed by atoms with Crippen LogP contribution in [0.3, 0.4) is 0 Å². The number of aliphatic imine (C=N–C) groups is 1. The number of para-hydroxylation sites is 1. The third-order valence-corrected chi connectivity index (χ3v) is 3.39. The van der Waals surface area contributed by atoms with E-state index < -0.39 is 0 Å². The van der Waals surface area contributed by atoms with Crippen molar-refractivity contribution in [3.05, 3.63) is 54.2 Å². The van der Waals surface area contributed by atoms with E-state index in [0.29, 0.717) is 42.2 Å². The van der Waals surface area contributed by atoms with Crippen molar-refractivity contribution in [2.45, 2.75) is 13.5 Å². The number of hydrogen-bond acceptors (Lipinski definition) is 5. The van der Waals surface area contributed by atoms with E-state index in [0.717, 1.165) is 11.1 Å². The molecule has 0 spiro atoms. The number of hydrogen-bond donors (Lipinski definition) is 2. The highest BCUT2D eigenvalue weighted by Crippen LogP contribution is 2.39. The first-order valence-corrected chi connectivity index (χ1v) is 8.05. The monoisotopic (exact) mass is 484 g/mol. The molecule has 0 amide bonds. The number of aromatic nitrogens is 1. The van der Waals surface area contributed by atoms with Crippen molar-refractivity contribution >= 4 is 29.9 Å². The van der Waals surface area contributed by atoms with E-state index in [2.05, 4.69) is 21.9 Å². The van der Waals surface area contributed by atoms with Crippen LogP contribution in [0.25, 0.3) is 0 Å². The van der Waals surface area contributed by atoms with E-state index in [9.17, 15) is 0 Å². The summed E-state index contributed by atoms with van der Waals surface area (Å²) in [5.41, 5.74) is 7.68. The van der Waals surface area contributed by atoms with Crippen molar-refractivity contribution in [3.8, 4) is 23.1 Å². The number of nitrogens with two attached hydrogens (primary N) is 1. The fourth-order valence-corrected chi connectivity index (χ4v) is 2.06. The molecule has 3 N–H and O–H groups in total. The SMILES string of the molecule is C=C(C)CNC(N)=NCc1ccc(Oc2c(OC)cccc2OC)nc1.I. The van der Waals surface area contributed by atoms with Gasteiger partial charge in [0.25, 0.3) is 0 Å². The first kappa shape index (κ1) is 22.6. The van der Waals surface area contributed by atoms with E-state index in [4.69, 9.17) is 19.9 Å². The molecule has 0 saturated carbocycles. The van der Waals surface area contributed by atoms with Gasteiger partial charge in [-0.1, -0.05) is 24.3 Å². The average molecular weight is 484 g/mol. The van der Waals surface area contributed by atoms with Gasteiger partial charge < -0.3 is 25.3 Å². The standard InChI is InChI=1S/C19H24N4O3.HI/c1-13(2)10-22-19(20)23-12-14-8-9-17(21-11-14)26-18-15(24-3)6-5-7-16(18)25-4;/h5-9,11H,1,10,12H2,2-4H3,(H3,20,22,23);1H. The van der Waals surface area contributed by atoms with Gasteiger partial charge in [-0.2, -0.15) is 0 Å². The van der Waals surface area contributed by atoms with Crippen molar-refractivity contribution in [2.75, 3.05) is 20.8 Å². The van der Waals surface area contributed by atoms with Gasteiger partial charge in [0.1, 0.15) is 0 Å². The summed E-state index contributed by atoms with van der Waals surface area (Å²) in [7, 11) is 3.14. The van der Waals surface area contributed by atoms with Gasteiger partial charge in [0.05, 0.1) is 20.8 Å². The number of rotatable bonds is 8. The van der Waals surface area contributed by atoms with E-state index in [1.54, 1.807) is 38.6 Å². The molecule has 0 fully saturated rings. The molecule has 27 heavy (non-hydrogen) atoms. The Morgan fingerprint density at radius 2 is 1.85 bits per heavy atom.